The highest BCUT2D eigenvalue weighted by Gasteiger charge is 2.01. The van der Waals surface area contributed by atoms with Crippen molar-refractivity contribution in [2.24, 2.45) is 0 Å². The molecule has 0 atom stereocenters. The lowest BCUT2D eigenvalue weighted by molar-refractivity contribution is 1.07. The summed E-state index contributed by atoms with van der Waals surface area (Å²) in [5, 5.41) is 2.94. The summed E-state index contributed by atoms with van der Waals surface area (Å²) in [6, 6.07) is 0. The molecule has 0 aliphatic carbocycles. The van der Waals surface area contributed by atoms with Gasteiger partial charge in [-0.05, 0) is 6.92 Å². The third-order valence-corrected chi connectivity index (χ3v) is 2.36. The number of nitrogens with zero attached hydrogens (tertiary/aromatic N) is 2. The molecule has 0 radical (unpaired) electrons. The van der Waals surface area contributed by atoms with E-state index in [-0.39, 0.29) is 5.69 Å². The average molecular weight is 193 g/mol. The monoisotopic (exact) mass is 193 g/mol. The van der Waals surface area contributed by atoms with Crippen LogP contribution in [0.5, 0.6) is 0 Å². The maximum atomic E-state index is 10.7. The van der Waals surface area contributed by atoms with Crippen LogP contribution in [0.15, 0.2) is 22.6 Å². The zero-order chi connectivity index (χ0) is 9.26. The van der Waals surface area contributed by atoms with E-state index in [2.05, 4.69) is 15.0 Å². The maximum Gasteiger partial charge on any atom is 0.344 e. The van der Waals surface area contributed by atoms with E-state index in [1.807, 2.05) is 12.3 Å². The molecule has 0 aromatic carbocycles. The summed E-state index contributed by atoms with van der Waals surface area (Å²) in [6.07, 6.45) is 3.14. The lowest BCUT2D eigenvalue weighted by atomic mass is 10.3. The molecule has 0 saturated carbocycles. The number of hydrogen-bond acceptors (Lipinski definition) is 4. The minimum Gasteiger partial charge on any atom is -0.312 e. The molecule has 1 N–H and O–H groups in total. The van der Waals surface area contributed by atoms with E-state index in [4.69, 9.17) is 0 Å². The van der Waals surface area contributed by atoms with Crippen LogP contribution in [0.25, 0.3) is 11.3 Å². The Labute approximate surface area is 78.3 Å². The Balaban J connectivity index is 2.47. The van der Waals surface area contributed by atoms with Crippen molar-refractivity contribution < 1.29 is 0 Å². The summed E-state index contributed by atoms with van der Waals surface area (Å²) >= 11 is 1.57. The number of hydrogen-bond donors (Lipinski definition) is 1. The summed E-state index contributed by atoms with van der Waals surface area (Å²) in [5.41, 5.74) is 1.35. The highest BCUT2D eigenvalue weighted by molar-refractivity contribution is 7.09. The molecule has 2 aromatic heterocycles. The van der Waals surface area contributed by atoms with Gasteiger partial charge in [-0.15, -0.1) is 11.3 Å². The Hall–Kier alpha value is -1.49. The predicted molar refractivity (Wildman–Crippen MR) is 50.7 cm³/mol. The van der Waals surface area contributed by atoms with Gasteiger partial charge in [0.15, 0.2) is 0 Å². The lowest BCUT2D eigenvalue weighted by Gasteiger charge is -1.92. The first-order valence-corrected chi connectivity index (χ1v) is 4.61. The van der Waals surface area contributed by atoms with Crippen LogP contribution in [0.1, 0.15) is 5.01 Å². The molecule has 0 saturated heterocycles. The fraction of sp³-hybridized carbons (Fsp3) is 0.125. The van der Waals surface area contributed by atoms with Crippen LogP contribution in [0, 0.1) is 6.92 Å². The van der Waals surface area contributed by atoms with Gasteiger partial charge in [0.05, 0.1) is 10.7 Å². The maximum absolute atomic E-state index is 10.7. The van der Waals surface area contributed by atoms with Gasteiger partial charge in [-0.25, -0.2) is 14.8 Å². The van der Waals surface area contributed by atoms with Gasteiger partial charge in [-0.1, -0.05) is 0 Å². The number of rotatable bonds is 1. The van der Waals surface area contributed by atoms with Crippen LogP contribution in [0.3, 0.4) is 0 Å². The SMILES string of the molecule is Cc1nc(-c2cnc(=O)[nH]c2)cs1. The normalized spacial score (nSPS) is 10.2. The van der Waals surface area contributed by atoms with E-state index in [1.54, 1.807) is 17.5 Å². The van der Waals surface area contributed by atoms with Crippen LogP contribution >= 0.6 is 11.3 Å². The lowest BCUT2D eigenvalue weighted by Crippen LogP contribution is -2.07. The number of nitrogens with one attached hydrogen (secondary N) is 1. The van der Waals surface area contributed by atoms with Gasteiger partial charge in [0, 0.05) is 23.3 Å². The van der Waals surface area contributed by atoms with Crippen molar-refractivity contribution in [2.45, 2.75) is 6.92 Å². The molecule has 0 spiro atoms. The van der Waals surface area contributed by atoms with Gasteiger partial charge >= 0.3 is 5.69 Å². The van der Waals surface area contributed by atoms with Gasteiger partial charge in [-0.3, -0.25) is 0 Å². The molecule has 2 rings (SSSR count). The van der Waals surface area contributed by atoms with Gasteiger partial charge < -0.3 is 4.98 Å². The van der Waals surface area contributed by atoms with Crippen molar-refractivity contribution in [2.75, 3.05) is 0 Å². The van der Waals surface area contributed by atoms with E-state index >= 15 is 0 Å². The Morgan fingerprint density at radius 2 is 2.38 bits per heavy atom. The highest BCUT2D eigenvalue weighted by Crippen LogP contribution is 2.18. The minimum atomic E-state index is -0.337. The largest absolute Gasteiger partial charge is 0.344 e. The van der Waals surface area contributed by atoms with Gasteiger partial charge in [0.1, 0.15) is 0 Å². The Morgan fingerprint density at radius 3 is 2.92 bits per heavy atom. The molecule has 0 aliphatic heterocycles. The molecule has 5 heteroatoms. The van der Waals surface area contributed by atoms with Crippen LogP contribution < -0.4 is 5.69 Å². The summed E-state index contributed by atoms with van der Waals surface area (Å²) in [7, 11) is 0. The van der Waals surface area contributed by atoms with Gasteiger partial charge in [-0.2, -0.15) is 0 Å². The Kier molecular flexibility index (Phi) is 1.94. The topological polar surface area (TPSA) is 58.6 Å². The third-order valence-electron chi connectivity index (χ3n) is 1.59. The summed E-state index contributed by atoms with van der Waals surface area (Å²) in [4.78, 5) is 21.1. The standard InChI is InChI=1S/C8H7N3OS/c1-5-11-7(4-13-5)6-2-9-8(12)10-3-6/h2-4H,1H3,(H,9,10,12). The molecule has 0 aliphatic rings. The second kappa shape index (κ2) is 3.10. The number of aromatic nitrogens is 3. The molecular weight excluding hydrogens is 186 g/mol. The molecule has 2 heterocycles. The fourth-order valence-corrected chi connectivity index (χ4v) is 1.60. The molecule has 2 aromatic rings. The first-order chi connectivity index (χ1) is 6.25. The van der Waals surface area contributed by atoms with Crippen molar-refractivity contribution in [1.82, 2.24) is 15.0 Å². The average Bonchev–Trinajstić information content (AvgIpc) is 2.53. The number of H-pyrrole nitrogens is 1. The number of aryl methyl sites for hydroxylation is 1. The summed E-state index contributed by atoms with van der Waals surface area (Å²) in [5.74, 6) is 0. The molecular formula is C8H7N3OS. The van der Waals surface area contributed by atoms with Crippen molar-refractivity contribution in [3.63, 3.8) is 0 Å². The van der Waals surface area contributed by atoms with Crippen molar-refractivity contribution in [1.29, 1.82) is 0 Å². The van der Waals surface area contributed by atoms with Gasteiger partial charge in [0.25, 0.3) is 0 Å². The first kappa shape index (κ1) is 8.12. The highest BCUT2D eigenvalue weighted by atomic mass is 32.1. The minimum absolute atomic E-state index is 0.337. The summed E-state index contributed by atoms with van der Waals surface area (Å²) < 4.78 is 0. The molecule has 0 unspecified atom stereocenters. The number of thiazole rings is 1. The number of aromatic amines is 1. The second-order valence-corrected chi connectivity index (χ2v) is 3.62. The molecule has 66 valence electrons. The van der Waals surface area contributed by atoms with E-state index < -0.39 is 0 Å². The molecule has 0 fully saturated rings. The van der Waals surface area contributed by atoms with E-state index in [0.717, 1.165) is 16.3 Å². The molecule has 0 amide bonds. The Morgan fingerprint density at radius 1 is 1.54 bits per heavy atom. The van der Waals surface area contributed by atoms with Crippen LogP contribution in [-0.2, 0) is 0 Å². The van der Waals surface area contributed by atoms with Crippen molar-refractivity contribution in [3.05, 3.63) is 33.3 Å². The van der Waals surface area contributed by atoms with E-state index in [0.29, 0.717) is 0 Å². The van der Waals surface area contributed by atoms with Crippen molar-refractivity contribution in [3.8, 4) is 11.3 Å². The molecule has 4 nitrogen and oxygen atoms in total. The van der Waals surface area contributed by atoms with Crippen LogP contribution in [0.4, 0.5) is 0 Å². The van der Waals surface area contributed by atoms with Crippen LogP contribution in [0.2, 0.25) is 0 Å². The smallest absolute Gasteiger partial charge is 0.312 e. The first-order valence-electron chi connectivity index (χ1n) is 3.73. The van der Waals surface area contributed by atoms with Gasteiger partial charge in [0.2, 0.25) is 0 Å². The molecule has 13 heavy (non-hydrogen) atoms. The van der Waals surface area contributed by atoms with Crippen molar-refractivity contribution >= 4 is 11.3 Å². The fourth-order valence-electron chi connectivity index (χ4n) is 0.978. The zero-order valence-corrected chi connectivity index (χ0v) is 7.76. The summed E-state index contributed by atoms with van der Waals surface area (Å²) in [6.45, 7) is 1.94. The molecule has 0 bridgehead atoms. The zero-order valence-electron chi connectivity index (χ0n) is 6.94. The van der Waals surface area contributed by atoms with E-state index in [9.17, 15) is 4.79 Å². The second-order valence-electron chi connectivity index (χ2n) is 2.56. The predicted octanol–water partition coefficient (Wildman–Crippen LogP) is 1.20. The quantitative estimate of drug-likeness (QED) is 0.740. The third kappa shape index (κ3) is 1.65. The Bertz CT molecular complexity index is 454. The van der Waals surface area contributed by atoms with E-state index in [1.165, 1.54) is 6.20 Å². The van der Waals surface area contributed by atoms with Crippen LogP contribution in [-0.4, -0.2) is 15.0 Å².